The molecule has 10 heteroatoms. The van der Waals surface area contributed by atoms with Crippen molar-refractivity contribution in [2.24, 2.45) is 11.8 Å². The van der Waals surface area contributed by atoms with Gasteiger partial charge in [-0.1, -0.05) is 96.1 Å². The summed E-state index contributed by atoms with van der Waals surface area (Å²) in [5.41, 5.74) is 3.88. The summed E-state index contributed by atoms with van der Waals surface area (Å²) in [7, 11) is 0. The molecule has 6 atom stereocenters. The van der Waals surface area contributed by atoms with Crippen molar-refractivity contribution in [1.82, 2.24) is 10.0 Å². The van der Waals surface area contributed by atoms with E-state index < -0.39 is 59.8 Å². The monoisotopic (exact) mass is 618 g/mol. The molecule has 234 valence electrons. The molecule has 46 heavy (non-hydrogen) atoms. The number of hydrazine groups is 1. The number of nitrogens with zero attached hydrogens (tertiary/aromatic N) is 2. The Bertz CT molecular complexity index is 1620. The standard InChI is InChI=1S/C36H34N4O6/c1-21-13-17-23(18-14-21)29-27(35(43)44)31(33(41)37-25-9-5-3-6-10-25)40-30(24-19-15-22(2)16-20-24)28(36(45)46)32(39(29)40)34(42)38-26-11-7-4-8-12-26/h3-20,27-32H,1-2H3,(H,37,41)(H,38,42)(H,43,44)(H,45,46)/t27-,28-,29+,30+,31-,32+/m0/s1. The number of para-hydroxylation sites is 2. The van der Waals surface area contributed by atoms with Gasteiger partial charge in [0, 0.05) is 11.4 Å². The third kappa shape index (κ3) is 5.64. The first-order chi connectivity index (χ1) is 22.2. The van der Waals surface area contributed by atoms with Crippen LogP contribution in [-0.4, -0.2) is 56.1 Å². The van der Waals surface area contributed by atoms with Crippen molar-refractivity contribution in [1.29, 1.82) is 0 Å². The van der Waals surface area contributed by atoms with Crippen molar-refractivity contribution in [3.63, 3.8) is 0 Å². The van der Waals surface area contributed by atoms with Crippen molar-refractivity contribution < 1.29 is 29.4 Å². The summed E-state index contributed by atoms with van der Waals surface area (Å²) >= 11 is 0. The van der Waals surface area contributed by atoms with Crippen LogP contribution >= 0.6 is 0 Å². The molecule has 4 aromatic carbocycles. The second-order valence-corrected chi connectivity index (χ2v) is 11.8. The van der Waals surface area contributed by atoms with Crippen LogP contribution in [0.2, 0.25) is 0 Å². The molecule has 2 aliphatic heterocycles. The maximum Gasteiger partial charge on any atom is 0.310 e. The van der Waals surface area contributed by atoms with E-state index >= 15 is 0 Å². The van der Waals surface area contributed by atoms with Crippen molar-refractivity contribution in [3.8, 4) is 0 Å². The minimum atomic E-state index is -1.37. The molecule has 0 spiro atoms. The minimum absolute atomic E-state index is 0.459. The average molecular weight is 619 g/mol. The fourth-order valence-electron chi connectivity index (χ4n) is 6.75. The SMILES string of the molecule is Cc1ccc([C@@H]2[C@H](C(=O)O)[C@H](C(=O)Nc3ccccc3)N3[C@H](c4ccc(C)cc4)[C@H](C(=O)O)[C@@H](C(=O)Nc4ccccc4)N23)cc1. The molecule has 2 fully saturated rings. The van der Waals surface area contributed by atoms with Crippen LogP contribution in [0.15, 0.2) is 109 Å². The Morgan fingerprint density at radius 3 is 1.15 bits per heavy atom. The third-order valence-corrected chi connectivity index (χ3v) is 8.80. The van der Waals surface area contributed by atoms with E-state index in [1.54, 1.807) is 94.9 Å². The number of carbonyl (C=O) groups excluding carboxylic acids is 2. The van der Waals surface area contributed by atoms with Crippen LogP contribution in [-0.2, 0) is 19.2 Å². The van der Waals surface area contributed by atoms with E-state index in [2.05, 4.69) is 10.6 Å². The van der Waals surface area contributed by atoms with Gasteiger partial charge in [0.25, 0.3) is 0 Å². The van der Waals surface area contributed by atoms with Gasteiger partial charge in [-0.3, -0.25) is 19.2 Å². The summed E-state index contributed by atoms with van der Waals surface area (Å²) in [5.74, 6) is -6.45. The number of hydrogen-bond acceptors (Lipinski definition) is 6. The van der Waals surface area contributed by atoms with E-state index in [-0.39, 0.29) is 0 Å². The van der Waals surface area contributed by atoms with Gasteiger partial charge in [-0.15, -0.1) is 0 Å². The topological polar surface area (TPSA) is 139 Å². The van der Waals surface area contributed by atoms with Crippen molar-refractivity contribution in [2.75, 3.05) is 10.6 Å². The van der Waals surface area contributed by atoms with Crippen molar-refractivity contribution >= 4 is 35.1 Å². The lowest BCUT2D eigenvalue weighted by atomic mass is 9.81. The zero-order valence-corrected chi connectivity index (χ0v) is 25.3. The van der Waals surface area contributed by atoms with E-state index in [4.69, 9.17) is 0 Å². The maximum atomic E-state index is 14.3. The predicted octanol–water partition coefficient (Wildman–Crippen LogP) is 5.05. The number of nitrogens with one attached hydrogen (secondary N) is 2. The zero-order valence-electron chi connectivity index (χ0n) is 25.3. The van der Waals surface area contributed by atoms with E-state index in [1.807, 2.05) is 38.1 Å². The molecule has 6 rings (SSSR count). The van der Waals surface area contributed by atoms with Crippen LogP contribution in [0.25, 0.3) is 0 Å². The Hall–Kier alpha value is -5.32. The Labute approximate surface area is 266 Å². The van der Waals surface area contributed by atoms with Crippen LogP contribution in [0.3, 0.4) is 0 Å². The number of aliphatic carboxylic acids is 2. The fourth-order valence-corrected chi connectivity index (χ4v) is 6.75. The summed E-state index contributed by atoms with van der Waals surface area (Å²) in [6.07, 6.45) is 0. The lowest BCUT2D eigenvalue weighted by Crippen LogP contribution is -2.48. The molecule has 2 heterocycles. The number of carboxylic acid groups (broad SMARTS) is 2. The molecule has 0 unspecified atom stereocenters. The van der Waals surface area contributed by atoms with Crippen LogP contribution in [0.1, 0.15) is 34.3 Å². The quantitative estimate of drug-likeness (QED) is 0.215. The van der Waals surface area contributed by atoms with Gasteiger partial charge in [0.1, 0.15) is 23.9 Å². The van der Waals surface area contributed by atoms with Crippen LogP contribution in [0.4, 0.5) is 11.4 Å². The minimum Gasteiger partial charge on any atom is -0.481 e. The third-order valence-electron chi connectivity index (χ3n) is 8.80. The fraction of sp³-hybridized carbons (Fsp3) is 0.222. The highest BCUT2D eigenvalue weighted by Gasteiger charge is 2.67. The van der Waals surface area contributed by atoms with Crippen LogP contribution < -0.4 is 10.6 Å². The molecule has 0 bridgehead atoms. The Morgan fingerprint density at radius 2 is 0.848 bits per heavy atom. The van der Waals surface area contributed by atoms with E-state index in [9.17, 15) is 29.4 Å². The van der Waals surface area contributed by atoms with E-state index in [0.717, 1.165) is 11.1 Å². The summed E-state index contributed by atoms with van der Waals surface area (Å²) in [4.78, 5) is 55.1. The number of benzene rings is 4. The smallest absolute Gasteiger partial charge is 0.310 e. The highest BCUT2D eigenvalue weighted by atomic mass is 16.4. The second-order valence-electron chi connectivity index (χ2n) is 11.8. The average Bonchev–Trinajstić information content (AvgIpc) is 3.56. The normalized spacial score (nSPS) is 24.2. The van der Waals surface area contributed by atoms with Gasteiger partial charge in [0.2, 0.25) is 11.8 Å². The second kappa shape index (κ2) is 12.6. The van der Waals surface area contributed by atoms with Gasteiger partial charge in [0.15, 0.2) is 0 Å². The van der Waals surface area contributed by atoms with E-state index in [0.29, 0.717) is 22.5 Å². The van der Waals surface area contributed by atoms with Gasteiger partial charge in [-0.25, -0.2) is 10.0 Å². The van der Waals surface area contributed by atoms with Crippen LogP contribution in [0.5, 0.6) is 0 Å². The molecule has 0 aliphatic carbocycles. The first-order valence-electron chi connectivity index (χ1n) is 15.0. The molecule has 4 N–H and O–H groups in total. The van der Waals surface area contributed by atoms with Gasteiger partial charge in [0.05, 0.1) is 12.1 Å². The molecule has 4 aromatic rings. The molecule has 2 amide bonds. The molecule has 10 nitrogen and oxygen atoms in total. The van der Waals surface area contributed by atoms with Crippen molar-refractivity contribution in [3.05, 3.63) is 131 Å². The maximum absolute atomic E-state index is 14.3. The Kier molecular flexibility index (Phi) is 8.40. The molecule has 0 saturated carbocycles. The van der Waals surface area contributed by atoms with Gasteiger partial charge in [-0.05, 0) is 49.2 Å². The lowest BCUT2D eigenvalue weighted by molar-refractivity contribution is -0.147. The Morgan fingerprint density at radius 1 is 0.522 bits per heavy atom. The largest absolute Gasteiger partial charge is 0.481 e. The molecule has 0 aromatic heterocycles. The Balaban J connectivity index is 1.57. The number of aryl methyl sites for hydroxylation is 2. The zero-order chi connectivity index (χ0) is 32.5. The predicted molar refractivity (Wildman–Crippen MR) is 171 cm³/mol. The first kappa shape index (κ1) is 30.7. The highest BCUT2D eigenvalue weighted by molar-refractivity contribution is 6.01. The first-order valence-corrected chi connectivity index (χ1v) is 15.0. The number of carboxylic acids is 2. The molecular formula is C36H34N4O6. The lowest BCUT2D eigenvalue weighted by Gasteiger charge is -2.33. The summed E-state index contributed by atoms with van der Waals surface area (Å²) in [6.45, 7) is 3.80. The number of carbonyl (C=O) groups is 4. The number of rotatable bonds is 8. The van der Waals surface area contributed by atoms with Gasteiger partial charge in [-0.2, -0.15) is 0 Å². The highest BCUT2D eigenvalue weighted by Crippen LogP contribution is 2.55. The van der Waals surface area contributed by atoms with E-state index in [1.165, 1.54) is 0 Å². The van der Waals surface area contributed by atoms with Crippen molar-refractivity contribution in [2.45, 2.75) is 38.0 Å². The molecule has 2 saturated heterocycles. The molecular weight excluding hydrogens is 584 g/mol. The summed E-state index contributed by atoms with van der Waals surface area (Å²) in [5, 5.41) is 30.4. The molecule has 0 radical (unpaired) electrons. The molecule has 2 aliphatic rings. The summed E-state index contributed by atoms with van der Waals surface area (Å²) in [6, 6.07) is 26.9. The number of anilines is 2. The van der Waals surface area contributed by atoms with Crippen LogP contribution in [0, 0.1) is 25.7 Å². The number of fused-ring (bicyclic) bond motifs is 1. The van der Waals surface area contributed by atoms with Gasteiger partial charge < -0.3 is 20.8 Å². The summed E-state index contributed by atoms with van der Waals surface area (Å²) < 4.78 is 0. The number of hydrogen-bond donors (Lipinski definition) is 4. The van der Waals surface area contributed by atoms with Gasteiger partial charge >= 0.3 is 11.9 Å². The number of amides is 2.